The van der Waals surface area contributed by atoms with E-state index in [2.05, 4.69) is 10.3 Å². The molecule has 0 bridgehead atoms. The Morgan fingerprint density at radius 2 is 2.03 bits per heavy atom. The third-order valence-corrected chi connectivity index (χ3v) is 5.86. The summed E-state index contributed by atoms with van der Waals surface area (Å²) in [5.41, 5.74) is 0.781. The molecule has 1 heterocycles. The summed E-state index contributed by atoms with van der Waals surface area (Å²) < 4.78 is 1.50. The van der Waals surface area contributed by atoms with Crippen molar-refractivity contribution in [3.63, 3.8) is 0 Å². The number of aromatic nitrogens is 2. The standard InChI is InChI=1S/C20H19Cl2N3O3S/c1-12(18(27)23-17-11-13(21)7-8-15(17)22)29-20-24-16-6-3-2-5-14(16)19(28)25(20)9-4-10-26/h2-3,5-8,11-12,26H,4,9-10H2,1H3,(H,23,27). The second-order valence-electron chi connectivity index (χ2n) is 6.32. The van der Waals surface area contributed by atoms with Crippen LogP contribution in [0.15, 0.2) is 52.4 Å². The number of aliphatic hydroxyl groups excluding tert-OH is 1. The normalized spacial score (nSPS) is 12.1. The van der Waals surface area contributed by atoms with Crippen LogP contribution in [-0.2, 0) is 11.3 Å². The van der Waals surface area contributed by atoms with Crippen LogP contribution in [0.25, 0.3) is 10.9 Å². The maximum atomic E-state index is 12.9. The summed E-state index contributed by atoms with van der Waals surface area (Å²) in [5.74, 6) is -0.296. The highest BCUT2D eigenvalue weighted by molar-refractivity contribution is 8.00. The summed E-state index contributed by atoms with van der Waals surface area (Å²) in [5, 5.41) is 13.1. The molecule has 2 aromatic carbocycles. The number of nitrogens with one attached hydrogen (secondary N) is 1. The van der Waals surface area contributed by atoms with Crippen molar-refractivity contribution >= 4 is 57.5 Å². The van der Waals surface area contributed by atoms with Gasteiger partial charge in [0.15, 0.2) is 5.16 Å². The lowest BCUT2D eigenvalue weighted by molar-refractivity contribution is -0.115. The number of rotatable bonds is 7. The van der Waals surface area contributed by atoms with Crippen LogP contribution in [0.4, 0.5) is 5.69 Å². The van der Waals surface area contributed by atoms with Crippen molar-refractivity contribution in [2.75, 3.05) is 11.9 Å². The van der Waals surface area contributed by atoms with Crippen molar-refractivity contribution in [2.45, 2.75) is 30.3 Å². The van der Waals surface area contributed by atoms with Gasteiger partial charge in [-0.15, -0.1) is 0 Å². The molecule has 0 spiro atoms. The van der Waals surface area contributed by atoms with Crippen LogP contribution in [0.3, 0.4) is 0 Å². The summed E-state index contributed by atoms with van der Waals surface area (Å²) in [6, 6.07) is 11.9. The lowest BCUT2D eigenvalue weighted by atomic mass is 10.2. The van der Waals surface area contributed by atoms with Gasteiger partial charge < -0.3 is 10.4 Å². The number of carbonyl (C=O) groups excluding carboxylic acids is 1. The van der Waals surface area contributed by atoms with Gasteiger partial charge in [0.1, 0.15) is 0 Å². The Hall–Kier alpha value is -2.06. The van der Waals surface area contributed by atoms with E-state index in [1.165, 1.54) is 16.3 Å². The fourth-order valence-electron chi connectivity index (χ4n) is 2.70. The summed E-state index contributed by atoms with van der Waals surface area (Å²) in [6.07, 6.45) is 0.409. The Labute approximate surface area is 181 Å². The average Bonchev–Trinajstić information content (AvgIpc) is 2.70. The molecule has 29 heavy (non-hydrogen) atoms. The minimum atomic E-state index is -0.557. The minimum Gasteiger partial charge on any atom is -0.396 e. The average molecular weight is 452 g/mol. The Kier molecular flexibility index (Phi) is 7.18. The molecule has 0 aliphatic carbocycles. The Balaban J connectivity index is 1.88. The topological polar surface area (TPSA) is 84.2 Å². The number of hydrogen-bond donors (Lipinski definition) is 2. The predicted octanol–water partition coefficient (Wildman–Crippen LogP) is 4.21. The highest BCUT2D eigenvalue weighted by Gasteiger charge is 2.20. The van der Waals surface area contributed by atoms with Crippen LogP contribution in [0.2, 0.25) is 10.0 Å². The summed E-state index contributed by atoms with van der Waals surface area (Å²) in [6.45, 7) is 1.98. The summed E-state index contributed by atoms with van der Waals surface area (Å²) in [7, 11) is 0. The van der Waals surface area contributed by atoms with Crippen LogP contribution in [0.1, 0.15) is 13.3 Å². The first kappa shape index (κ1) is 21.6. The Morgan fingerprint density at radius 3 is 2.79 bits per heavy atom. The fraction of sp³-hybridized carbons (Fsp3) is 0.250. The van der Waals surface area contributed by atoms with E-state index in [0.29, 0.717) is 44.8 Å². The molecule has 9 heteroatoms. The van der Waals surface area contributed by atoms with E-state index >= 15 is 0 Å². The number of carbonyl (C=O) groups is 1. The van der Waals surface area contributed by atoms with E-state index in [-0.39, 0.29) is 18.1 Å². The van der Waals surface area contributed by atoms with Gasteiger partial charge >= 0.3 is 0 Å². The molecule has 0 saturated heterocycles. The van der Waals surface area contributed by atoms with Gasteiger partial charge in [0.25, 0.3) is 5.56 Å². The van der Waals surface area contributed by atoms with Crippen molar-refractivity contribution in [2.24, 2.45) is 0 Å². The van der Waals surface area contributed by atoms with Crippen molar-refractivity contribution in [1.82, 2.24) is 9.55 Å². The maximum Gasteiger partial charge on any atom is 0.262 e. The highest BCUT2D eigenvalue weighted by atomic mass is 35.5. The minimum absolute atomic E-state index is 0.0489. The van der Waals surface area contributed by atoms with Crippen LogP contribution < -0.4 is 10.9 Å². The maximum absolute atomic E-state index is 12.9. The lowest BCUT2D eigenvalue weighted by Gasteiger charge is -2.16. The molecule has 0 aliphatic rings. The molecule has 6 nitrogen and oxygen atoms in total. The number of fused-ring (bicyclic) bond motifs is 1. The quantitative estimate of drug-likeness (QED) is 0.415. The van der Waals surface area contributed by atoms with Crippen LogP contribution in [-0.4, -0.2) is 32.4 Å². The summed E-state index contributed by atoms with van der Waals surface area (Å²) >= 11 is 13.2. The molecule has 1 unspecified atom stereocenters. The van der Waals surface area contributed by atoms with Gasteiger partial charge in [-0.3, -0.25) is 14.2 Å². The van der Waals surface area contributed by atoms with Gasteiger partial charge in [-0.05, 0) is 43.7 Å². The van der Waals surface area contributed by atoms with Crippen molar-refractivity contribution in [3.05, 3.63) is 62.9 Å². The van der Waals surface area contributed by atoms with E-state index < -0.39 is 5.25 Å². The lowest BCUT2D eigenvalue weighted by Crippen LogP contribution is -2.27. The molecule has 152 valence electrons. The molecule has 2 N–H and O–H groups in total. The third kappa shape index (κ3) is 5.11. The van der Waals surface area contributed by atoms with Crippen LogP contribution >= 0.6 is 35.0 Å². The van der Waals surface area contributed by atoms with E-state index in [9.17, 15) is 14.7 Å². The van der Waals surface area contributed by atoms with E-state index in [1.807, 2.05) is 0 Å². The smallest absolute Gasteiger partial charge is 0.262 e. The Morgan fingerprint density at radius 1 is 1.28 bits per heavy atom. The first-order valence-corrected chi connectivity index (χ1v) is 10.6. The molecule has 1 aromatic heterocycles. The zero-order valence-electron chi connectivity index (χ0n) is 15.6. The SMILES string of the molecule is CC(Sc1nc2ccccc2c(=O)n1CCCO)C(=O)Nc1cc(Cl)ccc1Cl. The number of anilines is 1. The van der Waals surface area contributed by atoms with E-state index in [0.717, 1.165) is 0 Å². The van der Waals surface area contributed by atoms with Crippen molar-refractivity contribution in [1.29, 1.82) is 0 Å². The fourth-order valence-corrected chi connectivity index (χ4v) is 3.97. The third-order valence-electron chi connectivity index (χ3n) is 4.20. The van der Waals surface area contributed by atoms with Crippen molar-refractivity contribution in [3.8, 4) is 0 Å². The highest BCUT2D eigenvalue weighted by Crippen LogP contribution is 2.28. The zero-order chi connectivity index (χ0) is 21.0. The number of hydrogen-bond acceptors (Lipinski definition) is 5. The molecule has 1 amide bonds. The molecule has 0 saturated carbocycles. The van der Waals surface area contributed by atoms with E-state index in [4.69, 9.17) is 23.2 Å². The van der Waals surface area contributed by atoms with Gasteiger partial charge in [0.2, 0.25) is 5.91 Å². The second kappa shape index (κ2) is 9.63. The number of thioether (sulfide) groups is 1. The molecule has 0 radical (unpaired) electrons. The second-order valence-corrected chi connectivity index (χ2v) is 8.47. The van der Waals surface area contributed by atoms with Gasteiger partial charge in [-0.2, -0.15) is 0 Å². The molecule has 0 fully saturated rings. The van der Waals surface area contributed by atoms with Crippen molar-refractivity contribution < 1.29 is 9.90 Å². The first-order chi connectivity index (χ1) is 13.9. The zero-order valence-corrected chi connectivity index (χ0v) is 17.9. The number of halogens is 2. The predicted molar refractivity (Wildman–Crippen MR) is 118 cm³/mol. The number of nitrogens with zero attached hydrogens (tertiary/aromatic N) is 2. The monoisotopic (exact) mass is 451 g/mol. The van der Waals surface area contributed by atoms with E-state index in [1.54, 1.807) is 49.4 Å². The van der Waals surface area contributed by atoms with Gasteiger partial charge in [0.05, 0.1) is 26.9 Å². The van der Waals surface area contributed by atoms with Gasteiger partial charge in [0, 0.05) is 18.2 Å². The van der Waals surface area contributed by atoms with Crippen LogP contribution in [0.5, 0.6) is 0 Å². The van der Waals surface area contributed by atoms with Gasteiger partial charge in [-0.1, -0.05) is 47.1 Å². The number of para-hydroxylation sites is 1. The molecular formula is C20H19Cl2N3O3S. The molecule has 3 rings (SSSR count). The molecule has 3 aromatic rings. The molecular weight excluding hydrogens is 433 g/mol. The largest absolute Gasteiger partial charge is 0.396 e. The number of aliphatic hydroxyl groups is 1. The molecule has 1 atom stereocenters. The first-order valence-electron chi connectivity index (χ1n) is 8.93. The van der Waals surface area contributed by atoms with Gasteiger partial charge in [-0.25, -0.2) is 4.98 Å². The van der Waals surface area contributed by atoms with Crippen LogP contribution in [0, 0.1) is 0 Å². The number of benzene rings is 2. The Bertz CT molecular complexity index is 1100. The summed E-state index contributed by atoms with van der Waals surface area (Å²) in [4.78, 5) is 30.1. The molecule has 0 aliphatic heterocycles. The number of amides is 1.